The van der Waals surface area contributed by atoms with Gasteiger partial charge in [-0.25, -0.2) is 0 Å². The summed E-state index contributed by atoms with van der Waals surface area (Å²) in [5.74, 6) is -0.427. The summed E-state index contributed by atoms with van der Waals surface area (Å²) in [4.78, 5) is 25.4. The van der Waals surface area contributed by atoms with Gasteiger partial charge in [0.25, 0.3) is 0 Å². The third-order valence-corrected chi connectivity index (χ3v) is 11.4. The Hall–Kier alpha value is -2.92. The zero-order chi connectivity index (χ0) is 46.3. The maximum absolute atomic E-state index is 12.8. The summed E-state index contributed by atoms with van der Waals surface area (Å²) in [6.07, 6.45) is 71.7. The average molecular weight is 891 g/mol. The van der Waals surface area contributed by atoms with Crippen LogP contribution in [0.2, 0.25) is 0 Å². The molecular weight excluding hydrogens is 789 g/mol. The largest absolute Gasteiger partial charge is 0.462 e. The molecule has 0 aromatic heterocycles. The summed E-state index contributed by atoms with van der Waals surface area (Å²) in [6, 6.07) is 0. The van der Waals surface area contributed by atoms with Gasteiger partial charge in [0.1, 0.15) is 6.61 Å². The Morgan fingerprint density at radius 1 is 0.359 bits per heavy atom. The third kappa shape index (κ3) is 51.7. The normalized spacial score (nSPS) is 12.9. The van der Waals surface area contributed by atoms with Crippen molar-refractivity contribution in [3.05, 3.63) is 85.1 Å². The van der Waals surface area contributed by atoms with E-state index in [1.54, 1.807) is 0 Å². The highest BCUT2D eigenvalue weighted by atomic mass is 16.6. The summed E-state index contributed by atoms with van der Waals surface area (Å²) in [5, 5.41) is 0. The van der Waals surface area contributed by atoms with E-state index in [1.165, 1.54) is 122 Å². The number of rotatable bonds is 49. The highest BCUT2D eigenvalue weighted by Gasteiger charge is 2.17. The van der Waals surface area contributed by atoms with E-state index in [4.69, 9.17) is 14.2 Å². The van der Waals surface area contributed by atoms with Crippen molar-refractivity contribution in [2.45, 2.75) is 258 Å². The minimum atomic E-state index is -0.559. The van der Waals surface area contributed by atoms with E-state index in [2.05, 4.69) is 106 Å². The first-order valence-electron chi connectivity index (χ1n) is 27.1. The smallest absolute Gasteiger partial charge is 0.306 e. The molecule has 368 valence electrons. The summed E-state index contributed by atoms with van der Waals surface area (Å²) in [6.45, 7) is 7.61. The maximum Gasteiger partial charge on any atom is 0.306 e. The molecule has 0 aliphatic carbocycles. The van der Waals surface area contributed by atoms with Gasteiger partial charge in [0.15, 0.2) is 6.10 Å². The van der Waals surface area contributed by atoms with Gasteiger partial charge < -0.3 is 14.2 Å². The van der Waals surface area contributed by atoms with Gasteiger partial charge in [-0.3, -0.25) is 9.59 Å². The van der Waals surface area contributed by atoms with Gasteiger partial charge in [0.2, 0.25) is 0 Å². The van der Waals surface area contributed by atoms with Crippen molar-refractivity contribution in [1.29, 1.82) is 0 Å². The molecule has 0 aromatic carbocycles. The lowest BCUT2D eigenvalue weighted by atomic mass is 10.1. The molecule has 0 rings (SSSR count). The van der Waals surface area contributed by atoms with Crippen molar-refractivity contribution < 1.29 is 23.8 Å². The van der Waals surface area contributed by atoms with Gasteiger partial charge in [0, 0.05) is 19.4 Å². The molecule has 0 spiro atoms. The van der Waals surface area contributed by atoms with Crippen LogP contribution in [-0.4, -0.2) is 37.9 Å². The second kappa shape index (κ2) is 54.4. The van der Waals surface area contributed by atoms with Crippen LogP contribution in [0.4, 0.5) is 0 Å². The van der Waals surface area contributed by atoms with Crippen LogP contribution in [0, 0.1) is 0 Å². The van der Waals surface area contributed by atoms with Crippen molar-refractivity contribution in [3.8, 4) is 0 Å². The fraction of sp³-hybridized carbons (Fsp3) is 0.729. The fourth-order valence-corrected chi connectivity index (χ4v) is 7.34. The Morgan fingerprint density at radius 2 is 0.719 bits per heavy atom. The minimum absolute atomic E-state index is 0.0665. The van der Waals surface area contributed by atoms with Crippen LogP contribution in [0.1, 0.15) is 252 Å². The van der Waals surface area contributed by atoms with Crippen molar-refractivity contribution in [2.24, 2.45) is 0 Å². The number of unbranched alkanes of at least 4 members (excludes halogenated alkanes) is 24. The van der Waals surface area contributed by atoms with E-state index < -0.39 is 6.10 Å². The predicted molar refractivity (Wildman–Crippen MR) is 279 cm³/mol. The molecule has 5 nitrogen and oxygen atoms in total. The molecule has 0 N–H and O–H groups in total. The Bertz CT molecular complexity index is 1190. The van der Waals surface area contributed by atoms with Crippen LogP contribution in [-0.2, 0) is 23.8 Å². The number of carbonyl (C=O) groups is 2. The van der Waals surface area contributed by atoms with Gasteiger partial charge in [-0.2, -0.15) is 0 Å². The molecule has 5 heteroatoms. The lowest BCUT2D eigenvalue weighted by molar-refractivity contribution is -0.163. The number of allylic oxidation sites excluding steroid dienone is 14. The molecule has 0 saturated heterocycles. The number of carbonyl (C=O) groups excluding carboxylic acids is 2. The van der Waals surface area contributed by atoms with E-state index in [0.29, 0.717) is 19.4 Å². The van der Waals surface area contributed by atoms with Crippen LogP contribution in [0.3, 0.4) is 0 Å². The molecular formula is C59H102O5. The highest BCUT2D eigenvalue weighted by Crippen LogP contribution is 2.14. The third-order valence-electron chi connectivity index (χ3n) is 11.4. The van der Waals surface area contributed by atoms with Crippen LogP contribution >= 0.6 is 0 Å². The minimum Gasteiger partial charge on any atom is -0.462 e. The summed E-state index contributed by atoms with van der Waals surface area (Å²) < 4.78 is 17.4. The second-order valence-electron chi connectivity index (χ2n) is 17.7. The Balaban J connectivity index is 4.29. The Kier molecular flexibility index (Phi) is 51.9. The molecule has 0 fully saturated rings. The summed E-state index contributed by atoms with van der Waals surface area (Å²) >= 11 is 0. The molecule has 0 bridgehead atoms. The molecule has 64 heavy (non-hydrogen) atoms. The topological polar surface area (TPSA) is 61.8 Å². The van der Waals surface area contributed by atoms with E-state index in [1.807, 2.05) is 0 Å². The number of esters is 2. The monoisotopic (exact) mass is 891 g/mol. The molecule has 0 amide bonds. The van der Waals surface area contributed by atoms with E-state index in [9.17, 15) is 9.59 Å². The molecule has 0 radical (unpaired) electrons. The molecule has 1 unspecified atom stereocenters. The first-order valence-corrected chi connectivity index (χ1v) is 27.1. The zero-order valence-electron chi connectivity index (χ0n) is 42.3. The second-order valence-corrected chi connectivity index (χ2v) is 17.7. The lowest BCUT2D eigenvalue weighted by Gasteiger charge is -2.18. The highest BCUT2D eigenvalue weighted by molar-refractivity contribution is 5.70. The van der Waals surface area contributed by atoms with Crippen molar-refractivity contribution in [3.63, 3.8) is 0 Å². The van der Waals surface area contributed by atoms with Crippen molar-refractivity contribution >= 4 is 11.9 Å². The molecule has 1 atom stereocenters. The maximum atomic E-state index is 12.8. The number of ether oxygens (including phenoxy) is 3. The Morgan fingerprint density at radius 3 is 1.19 bits per heavy atom. The fourth-order valence-electron chi connectivity index (χ4n) is 7.34. The number of hydrogen-bond donors (Lipinski definition) is 0. The van der Waals surface area contributed by atoms with Crippen LogP contribution in [0.15, 0.2) is 85.1 Å². The van der Waals surface area contributed by atoms with E-state index >= 15 is 0 Å². The van der Waals surface area contributed by atoms with Gasteiger partial charge in [-0.05, 0) is 109 Å². The van der Waals surface area contributed by atoms with Crippen LogP contribution < -0.4 is 0 Å². The van der Waals surface area contributed by atoms with Gasteiger partial charge >= 0.3 is 11.9 Å². The van der Waals surface area contributed by atoms with E-state index in [-0.39, 0.29) is 25.2 Å². The first-order chi connectivity index (χ1) is 31.6. The van der Waals surface area contributed by atoms with E-state index in [0.717, 1.165) is 96.3 Å². The molecule has 0 aromatic rings. The lowest BCUT2D eigenvalue weighted by Crippen LogP contribution is -2.30. The van der Waals surface area contributed by atoms with Crippen LogP contribution in [0.5, 0.6) is 0 Å². The average Bonchev–Trinajstić information content (AvgIpc) is 3.30. The van der Waals surface area contributed by atoms with Crippen LogP contribution in [0.25, 0.3) is 0 Å². The first kappa shape index (κ1) is 61.1. The predicted octanol–water partition coefficient (Wildman–Crippen LogP) is 18.5. The summed E-state index contributed by atoms with van der Waals surface area (Å²) in [7, 11) is 0. The van der Waals surface area contributed by atoms with Gasteiger partial charge in [-0.1, -0.05) is 215 Å². The summed E-state index contributed by atoms with van der Waals surface area (Å²) in [5.41, 5.74) is 0. The molecule has 0 aliphatic rings. The SMILES string of the molecule is CC/C=C\C/C=C\C/C=C\C/C=C\C/C=C\CCCCCCOCC(COC(=O)CCCCCCCCC/C=C\CCCCCCCC)OC(=O)CCCCCCC/C=C\CCCC. The van der Waals surface area contributed by atoms with Gasteiger partial charge in [0.05, 0.1) is 6.61 Å². The van der Waals surface area contributed by atoms with Crippen molar-refractivity contribution in [1.82, 2.24) is 0 Å². The standard InChI is InChI=1S/C59H102O5/c1-4-7-10-13-16-19-22-24-26-28-29-30-32-34-36-39-42-45-48-51-54-62-55-57(64-59(61)53-50-47-44-41-37-21-18-15-12-9-6-3)56-63-58(60)52-49-46-43-40-38-35-33-31-27-25-23-20-17-14-11-8-5-2/h7,10,15-16,18-19,24-27,29-30,34,36,57H,4-6,8-9,11-14,17,20-23,28,31-33,35,37-56H2,1-3H3/b10-7-,18-15-,19-16-,26-24-,27-25-,30-29-,36-34-. The van der Waals surface area contributed by atoms with Gasteiger partial charge in [-0.15, -0.1) is 0 Å². The quantitative estimate of drug-likeness (QED) is 0.0346. The Labute approximate surface area is 397 Å². The van der Waals surface area contributed by atoms with Crippen molar-refractivity contribution in [2.75, 3.05) is 19.8 Å². The number of hydrogen-bond acceptors (Lipinski definition) is 5. The molecule has 0 heterocycles. The zero-order valence-corrected chi connectivity index (χ0v) is 42.3. The molecule has 0 aliphatic heterocycles. The molecule has 0 saturated carbocycles.